The predicted molar refractivity (Wildman–Crippen MR) is 83.4 cm³/mol. The second-order valence-electron chi connectivity index (χ2n) is 5.70. The highest BCUT2D eigenvalue weighted by Gasteiger charge is 2.23. The number of hydrogen-bond donors (Lipinski definition) is 0. The molecule has 0 radical (unpaired) electrons. The first kappa shape index (κ1) is 16.5. The minimum Gasteiger partial charge on any atom is -0.486 e. The molecule has 5 nitrogen and oxygen atoms in total. The fraction of sp³-hybridized carbons (Fsp3) is 0.529. The Labute approximate surface area is 131 Å². The van der Waals surface area contributed by atoms with Crippen molar-refractivity contribution in [2.75, 3.05) is 26.2 Å². The van der Waals surface area contributed by atoms with Crippen LogP contribution < -0.4 is 9.47 Å². The van der Waals surface area contributed by atoms with Crippen LogP contribution in [0.3, 0.4) is 0 Å². The number of fused-ring (bicyclic) bond motifs is 1. The summed E-state index contributed by atoms with van der Waals surface area (Å²) in [6, 6.07) is 7.59. The topological polar surface area (TPSA) is 55.8 Å². The Morgan fingerprint density at radius 1 is 1.09 bits per heavy atom. The third-order valence-electron chi connectivity index (χ3n) is 3.59. The first-order valence-electron chi connectivity index (χ1n) is 7.64. The van der Waals surface area contributed by atoms with Gasteiger partial charge in [-0.15, -0.1) is 0 Å². The molecule has 1 aromatic carbocycles. The average Bonchev–Trinajstić information content (AvgIpc) is 2.49. The second-order valence-corrected chi connectivity index (χ2v) is 5.70. The van der Waals surface area contributed by atoms with Crippen LogP contribution in [-0.2, 0) is 9.59 Å². The van der Waals surface area contributed by atoms with E-state index in [1.807, 2.05) is 24.3 Å². The van der Waals surface area contributed by atoms with E-state index in [2.05, 4.69) is 4.90 Å². The molecule has 2 rings (SSSR count). The van der Waals surface area contributed by atoms with Crippen molar-refractivity contribution >= 4 is 11.6 Å². The minimum atomic E-state index is -0.0891. The lowest BCUT2D eigenvalue weighted by Gasteiger charge is -2.31. The molecule has 0 unspecified atom stereocenters. The maximum absolute atomic E-state index is 11.2. The van der Waals surface area contributed by atoms with Crippen molar-refractivity contribution in [3.63, 3.8) is 0 Å². The summed E-state index contributed by atoms with van der Waals surface area (Å²) >= 11 is 0. The first-order chi connectivity index (χ1) is 10.5. The molecular weight excluding hydrogens is 282 g/mol. The summed E-state index contributed by atoms with van der Waals surface area (Å²) in [7, 11) is 0. The van der Waals surface area contributed by atoms with Gasteiger partial charge in [-0.05, 0) is 26.0 Å². The van der Waals surface area contributed by atoms with Crippen LogP contribution >= 0.6 is 0 Å². The average molecular weight is 305 g/mol. The van der Waals surface area contributed by atoms with E-state index in [-0.39, 0.29) is 17.7 Å². The Balaban J connectivity index is 1.91. The van der Waals surface area contributed by atoms with Gasteiger partial charge in [0.15, 0.2) is 11.5 Å². The van der Waals surface area contributed by atoms with Crippen LogP contribution in [0.1, 0.15) is 26.7 Å². The lowest BCUT2D eigenvalue weighted by Crippen LogP contribution is -2.42. The van der Waals surface area contributed by atoms with Gasteiger partial charge in [-0.25, -0.2) is 0 Å². The lowest BCUT2D eigenvalue weighted by atomic mass is 10.2. The normalized spacial score (nSPS) is 16.6. The summed E-state index contributed by atoms with van der Waals surface area (Å²) in [6.45, 7) is 5.58. The van der Waals surface area contributed by atoms with Gasteiger partial charge in [0.25, 0.3) is 0 Å². The van der Waals surface area contributed by atoms with E-state index in [4.69, 9.17) is 9.47 Å². The molecule has 120 valence electrons. The van der Waals surface area contributed by atoms with Crippen LogP contribution in [0.25, 0.3) is 0 Å². The van der Waals surface area contributed by atoms with Gasteiger partial charge in [-0.3, -0.25) is 14.5 Å². The molecule has 22 heavy (non-hydrogen) atoms. The zero-order valence-electron chi connectivity index (χ0n) is 13.2. The van der Waals surface area contributed by atoms with Crippen molar-refractivity contribution < 1.29 is 19.1 Å². The minimum absolute atomic E-state index is 0.0891. The predicted octanol–water partition coefficient (Wildman–Crippen LogP) is 2.09. The van der Waals surface area contributed by atoms with E-state index in [0.29, 0.717) is 39.1 Å². The van der Waals surface area contributed by atoms with Crippen molar-refractivity contribution in [1.29, 1.82) is 0 Å². The molecule has 0 N–H and O–H groups in total. The van der Waals surface area contributed by atoms with Gasteiger partial charge in [-0.2, -0.15) is 0 Å². The maximum atomic E-state index is 11.2. The van der Waals surface area contributed by atoms with Crippen LogP contribution in [-0.4, -0.2) is 48.8 Å². The molecule has 0 saturated carbocycles. The largest absolute Gasteiger partial charge is 0.486 e. The molecule has 1 aliphatic heterocycles. The van der Waals surface area contributed by atoms with Crippen LogP contribution in [0.5, 0.6) is 11.5 Å². The zero-order valence-corrected chi connectivity index (χ0v) is 13.2. The third kappa shape index (κ3) is 5.15. The molecule has 1 aromatic rings. The van der Waals surface area contributed by atoms with Crippen molar-refractivity contribution in [2.24, 2.45) is 0 Å². The van der Waals surface area contributed by atoms with Gasteiger partial charge in [0.05, 0.1) is 0 Å². The summed E-state index contributed by atoms with van der Waals surface area (Å²) in [4.78, 5) is 24.5. The molecule has 1 atom stereocenters. The molecule has 1 heterocycles. The molecule has 0 spiro atoms. The van der Waals surface area contributed by atoms with E-state index < -0.39 is 0 Å². The van der Waals surface area contributed by atoms with E-state index in [1.54, 1.807) is 13.8 Å². The molecule has 1 aliphatic rings. The number of nitrogens with zero attached hydrogens (tertiary/aromatic N) is 1. The SMILES string of the molecule is CC(=O)CCN(CCC(C)=O)C[C@@H]1COc2ccccc2O1. The van der Waals surface area contributed by atoms with Crippen LogP contribution in [0.2, 0.25) is 0 Å². The monoisotopic (exact) mass is 305 g/mol. The van der Waals surface area contributed by atoms with Gasteiger partial charge in [0.1, 0.15) is 24.3 Å². The Morgan fingerprint density at radius 2 is 1.68 bits per heavy atom. The Morgan fingerprint density at radius 3 is 2.27 bits per heavy atom. The zero-order chi connectivity index (χ0) is 15.9. The van der Waals surface area contributed by atoms with Gasteiger partial charge >= 0.3 is 0 Å². The fourth-order valence-corrected chi connectivity index (χ4v) is 2.37. The van der Waals surface area contributed by atoms with Crippen molar-refractivity contribution in [3.8, 4) is 11.5 Å². The smallest absolute Gasteiger partial charge is 0.161 e. The quantitative estimate of drug-likeness (QED) is 0.736. The Bertz CT molecular complexity index is 511. The molecule has 0 fully saturated rings. The molecule has 0 aliphatic carbocycles. The third-order valence-corrected chi connectivity index (χ3v) is 3.59. The molecule has 0 saturated heterocycles. The summed E-state index contributed by atoms with van der Waals surface area (Å²) in [5.41, 5.74) is 0. The number of rotatable bonds is 8. The van der Waals surface area contributed by atoms with Crippen LogP contribution in [0.4, 0.5) is 0 Å². The van der Waals surface area contributed by atoms with E-state index in [0.717, 1.165) is 11.5 Å². The molecule has 0 bridgehead atoms. The lowest BCUT2D eigenvalue weighted by molar-refractivity contribution is -0.117. The highest BCUT2D eigenvalue weighted by Crippen LogP contribution is 2.31. The van der Waals surface area contributed by atoms with Crippen molar-refractivity contribution in [1.82, 2.24) is 4.90 Å². The Hall–Kier alpha value is -1.88. The summed E-state index contributed by atoms with van der Waals surface area (Å²) in [6.07, 6.45) is 0.887. The van der Waals surface area contributed by atoms with E-state index in [9.17, 15) is 9.59 Å². The molecule has 0 amide bonds. The number of ether oxygens (including phenoxy) is 2. The van der Waals surface area contributed by atoms with Crippen LogP contribution in [0, 0.1) is 0 Å². The fourth-order valence-electron chi connectivity index (χ4n) is 2.37. The summed E-state index contributed by atoms with van der Waals surface area (Å²) in [5, 5.41) is 0. The number of carbonyl (C=O) groups excluding carboxylic acids is 2. The van der Waals surface area contributed by atoms with Crippen LogP contribution in [0.15, 0.2) is 24.3 Å². The van der Waals surface area contributed by atoms with Gasteiger partial charge < -0.3 is 9.47 Å². The van der Waals surface area contributed by atoms with Gasteiger partial charge in [0, 0.05) is 32.5 Å². The number of ketones is 2. The molecule has 5 heteroatoms. The highest BCUT2D eigenvalue weighted by atomic mass is 16.6. The van der Waals surface area contributed by atoms with Gasteiger partial charge in [-0.1, -0.05) is 12.1 Å². The summed E-state index contributed by atoms with van der Waals surface area (Å²) in [5.74, 6) is 1.81. The van der Waals surface area contributed by atoms with E-state index in [1.165, 1.54) is 0 Å². The molecule has 0 aromatic heterocycles. The van der Waals surface area contributed by atoms with E-state index >= 15 is 0 Å². The highest BCUT2D eigenvalue weighted by molar-refractivity contribution is 5.76. The number of benzene rings is 1. The number of hydrogen-bond acceptors (Lipinski definition) is 5. The Kier molecular flexibility index (Phi) is 5.95. The van der Waals surface area contributed by atoms with Crippen molar-refractivity contribution in [3.05, 3.63) is 24.3 Å². The first-order valence-corrected chi connectivity index (χ1v) is 7.64. The summed E-state index contributed by atoms with van der Waals surface area (Å²) < 4.78 is 11.6. The van der Waals surface area contributed by atoms with Gasteiger partial charge in [0.2, 0.25) is 0 Å². The standard InChI is InChI=1S/C17H23NO4/c1-13(19)7-9-18(10-8-14(2)20)11-15-12-21-16-5-3-4-6-17(16)22-15/h3-6,15H,7-12H2,1-2H3/t15-/m1/s1. The second kappa shape index (κ2) is 7.94. The number of Topliss-reactive ketones (excluding diaryl/α,β-unsaturated/α-hetero) is 2. The maximum Gasteiger partial charge on any atom is 0.161 e. The van der Waals surface area contributed by atoms with Crippen molar-refractivity contribution in [2.45, 2.75) is 32.8 Å². The number of para-hydroxylation sites is 2. The number of carbonyl (C=O) groups is 2. The molecular formula is C17H23NO4.